The summed E-state index contributed by atoms with van der Waals surface area (Å²) in [4.78, 5) is 29.7. The minimum atomic E-state index is -0.270. The van der Waals surface area contributed by atoms with Gasteiger partial charge in [0.25, 0.3) is 11.5 Å². The molecule has 2 heterocycles. The monoisotopic (exact) mass is 425 g/mol. The molecule has 6 nitrogen and oxygen atoms in total. The molecule has 0 saturated heterocycles. The third-order valence-corrected chi connectivity index (χ3v) is 5.23. The molecular formula is C21H16ClN3O3S. The van der Waals surface area contributed by atoms with Crippen LogP contribution in [0.1, 0.15) is 21.6 Å². The van der Waals surface area contributed by atoms with E-state index in [4.69, 9.17) is 16.3 Å². The highest BCUT2D eigenvalue weighted by Gasteiger charge is 2.12. The highest BCUT2D eigenvalue weighted by atomic mass is 35.5. The van der Waals surface area contributed by atoms with Gasteiger partial charge in [-0.3, -0.25) is 14.0 Å². The number of hydrogen-bond donors (Lipinski definition) is 1. The number of nitrogens with zero attached hydrogens (tertiary/aromatic N) is 2. The molecule has 2 aromatic carbocycles. The first-order valence-electron chi connectivity index (χ1n) is 8.76. The van der Waals surface area contributed by atoms with E-state index in [1.807, 2.05) is 19.1 Å². The first-order chi connectivity index (χ1) is 14.0. The van der Waals surface area contributed by atoms with Crippen molar-refractivity contribution in [3.05, 3.63) is 92.3 Å². The van der Waals surface area contributed by atoms with Crippen LogP contribution in [0.15, 0.2) is 64.9 Å². The molecule has 8 heteroatoms. The van der Waals surface area contributed by atoms with Crippen LogP contribution >= 0.6 is 22.9 Å². The third-order valence-electron chi connectivity index (χ3n) is 4.24. The lowest BCUT2D eigenvalue weighted by Crippen LogP contribution is -2.15. The average Bonchev–Trinajstić information content (AvgIpc) is 3.17. The third kappa shape index (κ3) is 4.31. The highest BCUT2D eigenvalue weighted by molar-refractivity contribution is 7.15. The summed E-state index contributed by atoms with van der Waals surface area (Å²) in [5, 5.41) is 5.09. The van der Waals surface area contributed by atoms with Gasteiger partial charge in [-0.25, -0.2) is 4.98 Å². The second-order valence-corrected chi connectivity index (χ2v) is 7.70. The molecule has 0 spiro atoms. The van der Waals surface area contributed by atoms with E-state index in [1.54, 1.807) is 41.9 Å². The van der Waals surface area contributed by atoms with E-state index >= 15 is 0 Å². The summed E-state index contributed by atoms with van der Waals surface area (Å²) in [6, 6.07) is 13.6. The maximum Gasteiger partial charge on any atom is 0.258 e. The Bertz CT molecular complexity index is 1250. The van der Waals surface area contributed by atoms with E-state index < -0.39 is 0 Å². The van der Waals surface area contributed by atoms with Crippen molar-refractivity contribution in [3.8, 4) is 5.75 Å². The van der Waals surface area contributed by atoms with Crippen LogP contribution in [0.2, 0.25) is 5.02 Å². The lowest BCUT2D eigenvalue weighted by molar-refractivity contribution is 0.102. The first-order valence-corrected chi connectivity index (χ1v) is 10.0. The van der Waals surface area contributed by atoms with E-state index in [1.165, 1.54) is 21.8 Å². The predicted molar refractivity (Wildman–Crippen MR) is 114 cm³/mol. The van der Waals surface area contributed by atoms with Gasteiger partial charge >= 0.3 is 0 Å². The largest absolute Gasteiger partial charge is 0.485 e. The number of thiazole rings is 1. The normalized spacial score (nSPS) is 10.8. The van der Waals surface area contributed by atoms with Crippen LogP contribution in [-0.4, -0.2) is 15.3 Å². The zero-order valence-corrected chi connectivity index (χ0v) is 17.0. The van der Waals surface area contributed by atoms with Crippen molar-refractivity contribution in [1.82, 2.24) is 9.38 Å². The maximum atomic E-state index is 12.6. The number of carbonyl (C=O) groups excluding carboxylic acids is 1. The van der Waals surface area contributed by atoms with Gasteiger partial charge in [-0.1, -0.05) is 29.3 Å². The van der Waals surface area contributed by atoms with Gasteiger partial charge in [0.15, 0.2) is 4.96 Å². The van der Waals surface area contributed by atoms with Gasteiger partial charge in [0.1, 0.15) is 12.4 Å². The van der Waals surface area contributed by atoms with E-state index in [9.17, 15) is 9.59 Å². The molecule has 0 aliphatic carbocycles. The Morgan fingerprint density at radius 3 is 2.79 bits per heavy atom. The number of rotatable bonds is 5. The SMILES string of the molecule is Cc1ccc(C(=O)Nc2cc(Cl)ccc2OCc2cc(=O)n3ccsc3n2)cc1. The van der Waals surface area contributed by atoms with Crippen LogP contribution in [-0.2, 0) is 6.61 Å². The van der Waals surface area contributed by atoms with Crippen molar-refractivity contribution >= 4 is 39.5 Å². The molecule has 1 amide bonds. The number of ether oxygens (including phenoxy) is 1. The zero-order chi connectivity index (χ0) is 20.4. The number of halogens is 1. The van der Waals surface area contributed by atoms with E-state index in [0.29, 0.717) is 32.7 Å². The second-order valence-electron chi connectivity index (χ2n) is 6.39. The van der Waals surface area contributed by atoms with Crippen molar-refractivity contribution in [1.29, 1.82) is 0 Å². The molecule has 0 aliphatic heterocycles. The summed E-state index contributed by atoms with van der Waals surface area (Å²) in [6.45, 7) is 2.04. The van der Waals surface area contributed by atoms with Crippen molar-refractivity contribution < 1.29 is 9.53 Å². The number of fused-ring (bicyclic) bond motifs is 1. The fourth-order valence-corrected chi connectivity index (χ4v) is 3.65. The van der Waals surface area contributed by atoms with Gasteiger partial charge in [0, 0.05) is 28.2 Å². The molecule has 0 unspecified atom stereocenters. The second kappa shape index (κ2) is 8.06. The minimum Gasteiger partial charge on any atom is -0.485 e. The molecular weight excluding hydrogens is 410 g/mol. The summed E-state index contributed by atoms with van der Waals surface area (Å²) in [7, 11) is 0. The fourth-order valence-electron chi connectivity index (χ4n) is 2.74. The minimum absolute atomic E-state index is 0.0820. The predicted octanol–water partition coefficient (Wildman–Crippen LogP) is 4.55. The van der Waals surface area contributed by atoms with Gasteiger partial charge in [0.05, 0.1) is 11.4 Å². The van der Waals surface area contributed by atoms with Crippen LogP contribution in [0.4, 0.5) is 5.69 Å². The van der Waals surface area contributed by atoms with Crippen molar-refractivity contribution in [2.45, 2.75) is 13.5 Å². The number of benzene rings is 2. The summed E-state index contributed by atoms with van der Waals surface area (Å²) < 4.78 is 7.31. The quantitative estimate of drug-likeness (QED) is 0.509. The molecule has 146 valence electrons. The number of hydrogen-bond acceptors (Lipinski definition) is 5. The lowest BCUT2D eigenvalue weighted by Gasteiger charge is -2.13. The van der Waals surface area contributed by atoms with Crippen LogP contribution in [0.5, 0.6) is 5.75 Å². The topological polar surface area (TPSA) is 72.7 Å². The van der Waals surface area contributed by atoms with Crippen LogP contribution < -0.4 is 15.6 Å². The zero-order valence-electron chi connectivity index (χ0n) is 15.4. The van der Waals surface area contributed by atoms with Gasteiger partial charge in [-0.05, 0) is 37.3 Å². The Labute approximate surface area is 175 Å². The number of nitrogens with one attached hydrogen (secondary N) is 1. The molecule has 0 saturated carbocycles. The molecule has 0 atom stereocenters. The molecule has 0 aliphatic rings. The van der Waals surface area contributed by atoms with E-state index in [0.717, 1.165) is 5.56 Å². The van der Waals surface area contributed by atoms with E-state index in [2.05, 4.69) is 10.3 Å². The summed E-state index contributed by atoms with van der Waals surface area (Å²) >= 11 is 7.47. The number of aromatic nitrogens is 2. The molecule has 1 N–H and O–H groups in total. The van der Waals surface area contributed by atoms with Crippen molar-refractivity contribution in [2.24, 2.45) is 0 Å². The number of aryl methyl sites for hydroxylation is 1. The standard InChI is InChI=1S/C21H16ClN3O3S/c1-13-2-4-14(5-3-13)20(27)24-17-10-15(22)6-7-18(17)28-12-16-11-19(26)25-8-9-29-21(25)23-16/h2-11H,12H2,1H3,(H,24,27). The Kier molecular flexibility index (Phi) is 5.33. The molecule has 2 aromatic heterocycles. The fraction of sp³-hybridized carbons (Fsp3) is 0.0952. The average molecular weight is 426 g/mol. The van der Waals surface area contributed by atoms with Gasteiger partial charge in [-0.15, -0.1) is 11.3 Å². The molecule has 4 aromatic rings. The van der Waals surface area contributed by atoms with Gasteiger partial charge in [-0.2, -0.15) is 0 Å². The van der Waals surface area contributed by atoms with Crippen molar-refractivity contribution in [2.75, 3.05) is 5.32 Å². The maximum absolute atomic E-state index is 12.6. The van der Waals surface area contributed by atoms with Crippen LogP contribution in [0.25, 0.3) is 4.96 Å². The lowest BCUT2D eigenvalue weighted by atomic mass is 10.1. The molecule has 0 bridgehead atoms. The molecule has 29 heavy (non-hydrogen) atoms. The summed E-state index contributed by atoms with van der Waals surface area (Å²) in [5.74, 6) is 0.163. The molecule has 0 fully saturated rings. The Morgan fingerprint density at radius 1 is 1.21 bits per heavy atom. The van der Waals surface area contributed by atoms with Crippen LogP contribution in [0.3, 0.4) is 0 Å². The number of carbonyl (C=O) groups is 1. The Hall–Kier alpha value is -3.16. The van der Waals surface area contributed by atoms with Crippen molar-refractivity contribution in [3.63, 3.8) is 0 Å². The highest BCUT2D eigenvalue weighted by Crippen LogP contribution is 2.29. The van der Waals surface area contributed by atoms with Gasteiger partial charge < -0.3 is 10.1 Å². The van der Waals surface area contributed by atoms with Gasteiger partial charge in [0.2, 0.25) is 0 Å². The summed E-state index contributed by atoms with van der Waals surface area (Å²) in [5.41, 5.74) is 2.37. The molecule has 0 radical (unpaired) electrons. The number of anilines is 1. The Balaban J connectivity index is 1.55. The van der Waals surface area contributed by atoms with E-state index in [-0.39, 0.29) is 18.1 Å². The number of amides is 1. The molecule has 4 rings (SSSR count). The first kappa shape index (κ1) is 19.2. The Morgan fingerprint density at radius 2 is 2.00 bits per heavy atom. The smallest absolute Gasteiger partial charge is 0.258 e. The van der Waals surface area contributed by atoms with Crippen LogP contribution in [0, 0.1) is 6.92 Å². The summed E-state index contributed by atoms with van der Waals surface area (Å²) in [6.07, 6.45) is 1.68.